The van der Waals surface area contributed by atoms with Crippen molar-refractivity contribution in [3.8, 4) is 0 Å². The summed E-state index contributed by atoms with van der Waals surface area (Å²) in [6.45, 7) is 10.5. The normalized spacial score (nSPS) is 11.7. The predicted octanol–water partition coefficient (Wildman–Crippen LogP) is 4.48. The molecule has 0 fully saturated rings. The minimum Gasteiger partial charge on any atom is -0.342 e. The van der Waals surface area contributed by atoms with Gasteiger partial charge in [-0.2, -0.15) is 0 Å². The molecule has 0 N–H and O–H groups in total. The van der Waals surface area contributed by atoms with Crippen LogP contribution in [0.4, 0.5) is 0 Å². The summed E-state index contributed by atoms with van der Waals surface area (Å²) in [7, 11) is 0. The molecule has 2 rings (SSSR count). The highest BCUT2D eigenvalue weighted by atomic mass is 16.1. The molecule has 19 heavy (non-hydrogen) atoms. The van der Waals surface area contributed by atoms with Crippen LogP contribution >= 0.6 is 0 Å². The zero-order chi connectivity index (χ0) is 14.2. The van der Waals surface area contributed by atoms with Crippen molar-refractivity contribution in [1.29, 1.82) is 0 Å². The van der Waals surface area contributed by atoms with Crippen LogP contribution in [0.3, 0.4) is 0 Å². The number of Topliss-reactive ketones (excluding diaryl/α,β-unsaturated/α-hetero) is 1. The summed E-state index contributed by atoms with van der Waals surface area (Å²) in [6.07, 6.45) is 0.524. The molecule has 1 aromatic heterocycles. The summed E-state index contributed by atoms with van der Waals surface area (Å²) in [5.41, 5.74) is 3.72. The molecule has 0 spiro atoms. The van der Waals surface area contributed by atoms with E-state index < -0.39 is 0 Å². The molecule has 0 saturated heterocycles. The molecule has 1 aromatic carbocycles. The summed E-state index contributed by atoms with van der Waals surface area (Å²) >= 11 is 0. The smallest absolute Gasteiger partial charge is 0.134 e. The summed E-state index contributed by atoms with van der Waals surface area (Å²) in [6, 6.07) is 9.08. The van der Waals surface area contributed by atoms with Crippen molar-refractivity contribution < 1.29 is 4.79 Å². The van der Waals surface area contributed by atoms with Gasteiger partial charge < -0.3 is 4.57 Å². The number of benzene rings is 1. The van der Waals surface area contributed by atoms with E-state index >= 15 is 0 Å². The largest absolute Gasteiger partial charge is 0.342 e. The number of carbonyl (C=O) groups is 1. The molecular weight excluding hydrogens is 234 g/mol. The highest BCUT2D eigenvalue weighted by Gasteiger charge is 2.14. The van der Waals surface area contributed by atoms with E-state index in [1.807, 2.05) is 0 Å². The van der Waals surface area contributed by atoms with Gasteiger partial charge in [0.1, 0.15) is 5.78 Å². The fraction of sp³-hybridized carbons (Fsp3) is 0.471. The summed E-state index contributed by atoms with van der Waals surface area (Å²) in [4.78, 5) is 11.3. The molecule has 0 bridgehead atoms. The molecule has 2 nitrogen and oxygen atoms in total. The van der Waals surface area contributed by atoms with Crippen molar-refractivity contribution in [1.82, 2.24) is 4.57 Å². The third-order valence-electron chi connectivity index (χ3n) is 3.50. The number of nitrogens with zero attached hydrogens (tertiary/aromatic N) is 1. The topological polar surface area (TPSA) is 22.0 Å². The lowest BCUT2D eigenvalue weighted by Gasteiger charge is -2.17. The van der Waals surface area contributed by atoms with Gasteiger partial charge in [0.2, 0.25) is 0 Å². The minimum absolute atomic E-state index is 0.214. The molecule has 2 heteroatoms. The SMILES string of the molecule is CC(=O)Cc1ccc2cc(C(C)C)n(C(C)C)c2c1. The third-order valence-corrected chi connectivity index (χ3v) is 3.50. The first kappa shape index (κ1) is 13.9. The highest BCUT2D eigenvalue weighted by molar-refractivity contribution is 5.85. The number of hydrogen-bond acceptors (Lipinski definition) is 1. The van der Waals surface area contributed by atoms with Crippen LogP contribution in [0.25, 0.3) is 10.9 Å². The molecule has 0 saturated carbocycles. The van der Waals surface area contributed by atoms with Crippen LogP contribution in [0.2, 0.25) is 0 Å². The van der Waals surface area contributed by atoms with Crippen LogP contribution in [0.5, 0.6) is 0 Å². The number of aromatic nitrogens is 1. The first-order valence-corrected chi connectivity index (χ1v) is 7.03. The van der Waals surface area contributed by atoms with E-state index in [0.717, 1.165) is 5.56 Å². The standard InChI is InChI=1S/C17H23NO/c1-11(2)16-10-15-7-6-14(8-13(5)19)9-17(15)18(16)12(3)4/h6-7,9-12H,8H2,1-5H3. The lowest BCUT2D eigenvalue weighted by molar-refractivity contribution is -0.116. The first-order valence-electron chi connectivity index (χ1n) is 7.03. The maximum atomic E-state index is 11.3. The second kappa shape index (κ2) is 5.20. The number of carbonyl (C=O) groups excluding carboxylic acids is 1. The Morgan fingerprint density at radius 1 is 1.16 bits per heavy atom. The molecular formula is C17H23NO. The Morgan fingerprint density at radius 3 is 2.37 bits per heavy atom. The lowest BCUT2D eigenvalue weighted by Crippen LogP contribution is -2.06. The third kappa shape index (κ3) is 2.73. The van der Waals surface area contributed by atoms with Crippen molar-refractivity contribution >= 4 is 16.7 Å². The minimum atomic E-state index is 0.214. The number of fused-ring (bicyclic) bond motifs is 1. The van der Waals surface area contributed by atoms with Gasteiger partial charge in [-0.1, -0.05) is 26.0 Å². The highest BCUT2D eigenvalue weighted by Crippen LogP contribution is 2.29. The first-order chi connectivity index (χ1) is 8.90. The van der Waals surface area contributed by atoms with Gasteiger partial charge in [0.15, 0.2) is 0 Å². The Morgan fingerprint density at radius 2 is 1.84 bits per heavy atom. The number of ketones is 1. The van der Waals surface area contributed by atoms with Crippen LogP contribution in [0.1, 0.15) is 57.8 Å². The fourth-order valence-corrected chi connectivity index (χ4v) is 2.71. The van der Waals surface area contributed by atoms with Gasteiger partial charge in [-0.15, -0.1) is 0 Å². The predicted molar refractivity (Wildman–Crippen MR) is 80.8 cm³/mol. The van der Waals surface area contributed by atoms with E-state index in [9.17, 15) is 4.79 Å². The molecule has 0 atom stereocenters. The zero-order valence-corrected chi connectivity index (χ0v) is 12.5. The van der Waals surface area contributed by atoms with Crippen molar-refractivity contribution in [2.75, 3.05) is 0 Å². The van der Waals surface area contributed by atoms with Crippen molar-refractivity contribution in [3.63, 3.8) is 0 Å². The Labute approximate surface area is 115 Å². The van der Waals surface area contributed by atoms with Gasteiger partial charge in [-0.3, -0.25) is 4.79 Å². The maximum Gasteiger partial charge on any atom is 0.134 e. The van der Waals surface area contributed by atoms with E-state index in [1.54, 1.807) is 6.92 Å². The Kier molecular flexibility index (Phi) is 3.79. The van der Waals surface area contributed by atoms with Gasteiger partial charge in [0.05, 0.1) is 0 Å². The van der Waals surface area contributed by atoms with Gasteiger partial charge in [0, 0.05) is 23.7 Å². The quantitative estimate of drug-likeness (QED) is 0.791. The average molecular weight is 257 g/mol. The van der Waals surface area contributed by atoms with E-state index in [4.69, 9.17) is 0 Å². The molecule has 0 aliphatic heterocycles. The van der Waals surface area contributed by atoms with Crippen LogP contribution in [-0.4, -0.2) is 10.4 Å². The number of hydrogen-bond donors (Lipinski definition) is 0. The summed E-state index contributed by atoms with van der Waals surface area (Å²) in [5, 5.41) is 1.27. The van der Waals surface area contributed by atoms with Gasteiger partial charge >= 0.3 is 0 Å². The van der Waals surface area contributed by atoms with E-state index in [1.165, 1.54) is 16.6 Å². The van der Waals surface area contributed by atoms with Crippen LogP contribution in [0.15, 0.2) is 24.3 Å². The van der Waals surface area contributed by atoms with Crippen LogP contribution < -0.4 is 0 Å². The number of rotatable bonds is 4. The fourth-order valence-electron chi connectivity index (χ4n) is 2.71. The second-order valence-corrected chi connectivity index (χ2v) is 5.96. The Hall–Kier alpha value is -1.57. The molecule has 1 heterocycles. The average Bonchev–Trinajstić information content (AvgIpc) is 2.66. The molecule has 0 aliphatic rings. The van der Waals surface area contributed by atoms with Crippen molar-refractivity contribution in [3.05, 3.63) is 35.5 Å². The molecule has 0 aliphatic carbocycles. The molecule has 0 amide bonds. The molecule has 0 unspecified atom stereocenters. The van der Waals surface area contributed by atoms with Crippen molar-refractivity contribution in [2.45, 2.75) is 53.0 Å². The van der Waals surface area contributed by atoms with Crippen LogP contribution in [-0.2, 0) is 11.2 Å². The summed E-state index contributed by atoms with van der Waals surface area (Å²) < 4.78 is 2.39. The Bertz CT molecular complexity index is 605. The second-order valence-electron chi connectivity index (χ2n) is 5.96. The Balaban J connectivity index is 2.62. The maximum absolute atomic E-state index is 11.3. The molecule has 0 radical (unpaired) electrons. The monoisotopic (exact) mass is 257 g/mol. The lowest BCUT2D eigenvalue weighted by atomic mass is 10.1. The van der Waals surface area contributed by atoms with Crippen molar-refractivity contribution in [2.24, 2.45) is 0 Å². The van der Waals surface area contributed by atoms with Crippen LogP contribution in [0, 0.1) is 0 Å². The van der Waals surface area contributed by atoms with Gasteiger partial charge in [0.25, 0.3) is 0 Å². The van der Waals surface area contributed by atoms with Gasteiger partial charge in [-0.25, -0.2) is 0 Å². The molecule has 102 valence electrons. The van der Waals surface area contributed by atoms with E-state index in [0.29, 0.717) is 18.4 Å². The zero-order valence-electron chi connectivity index (χ0n) is 12.5. The molecule has 2 aromatic rings. The van der Waals surface area contributed by atoms with Gasteiger partial charge in [-0.05, 0) is 49.8 Å². The van der Waals surface area contributed by atoms with E-state index in [-0.39, 0.29) is 5.78 Å². The van der Waals surface area contributed by atoms with E-state index in [2.05, 4.69) is 56.5 Å². The summed E-state index contributed by atoms with van der Waals surface area (Å²) in [5.74, 6) is 0.720.